The van der Waals surface area contributed by atoms with Crippen LogP contribution in [0.3, 0.4) is 0 Å². The third kappa shape index (κ3) is 3.88. The van der Waals surface area contributed by atoms with E-state index in [-0.39, 0.29) is 5.91 Å². The van der Waals surface area contributed by atoms with E-state index in [4.69, 9.17) is 0 Å². The average Bonchev–Trinajstić information content (AvgIpc) is 3.15. The molecule has 0 bridgehead atoms. The number of carbonyl (C=O) groups is 1. The summed E-state index contributed by atoms with van der Waals surface area (Å²) >= 11 is 1.61. The van der Waals surface area contributed by atoms with Crippen LogP contribution < -0.4 is 5.32 Å². The smallest absolute Gasteiger partial charge is 0.230 e. The summed E-state index contributed by atoms with van der Waals surface area (Å²) in [7, 11) is 0. The second kappa shape index (κ2) is 6.80. The first-order valence-corrected chi connectivity index (χ1v) is 8.29. The number of H-pyrrole nitrogens is 1. The molecular formula is C16H19N3OS. The third-order valence-electron chi connectivity index (χ3n) is 3.68. The molecule has 0 saturated carbocycles. The second-order valence-corrected chi connectivity index (χ2v) is 6.26. The normalized spacial score (nSPS) is 13.1. The van der Waals surface area contributed by atoms with Gasteiger partial charge in [0.15, 0.2) is 0 Å². The van der Waals surface area contributed by atoms with Crippen molar-refractivity contribution in [3.63, 3.8) is 0 Å². The third-order valence-corrected chi connectivity index (χ3v) is 4.67. The van der Waals surface area contributed by atoms with E-state index in [2.05, 4.69) is 33.5 Å². The SMILES string of the molecule is O=C(CSc1ccc2c(c1)CCC2)NCCc1ncc[nH]1. The topological polar surface area (TPSA) is 57.8 Å². The zero-order chi connectivity index (χ0) is 14.5. The number of hydrogen-bond donors (Lipinski definition) is 2. The van der Waals surface area contributed by atoms with Crippen molar-refractivity contribution in [2.75, 3.05) is 12.3 Å². The number of amides is 1. The molecule has 1 aromatic heterocycles. The lowest BCUT2D eigenvalue weighted by molar-refractivity contribution is -0.118. The lowest BCUT2D eigenvalue weighted by atomic mass is 10.1. The first-order valence-electron chi connectivity index (χ1n) is 7.31. The molecule has 0 unspecified atom stereocenters. The van der Waals surface area contributed by atoms with Gasteiger partial charge in [0.1, 0.15) is 5.82 Å². The minimum atomic E-state index is 0.0760. The van der Waals surface area contributed by atoms with E-state index in [1.54, 1.807) is 24.2 Å². The van der Waals surface area contributed by atoms with Crippen LogP contribution in [0.5, 0.6) is 0 Å². The maximum absolute atomic E-state index is 11.8. The van der Waals surface area contributed by atoms with Gasteiger partial charge < -0.3 is 10.3 Å². The Labute approximate surface area is 128 Å². The van der Waals surface area contributed by atoms with Gasteiger partial charge in [-0.1, -0.05) is 6.07 Å². The van der Waals surface area contributed by atoms with Gasteiger partial charge in [0, 0.05) is 30.3 Å². The molecule has 1 aliphatic carbocycles. The van der Waals surface area contributed by atoms with Gasteiger partial charge in [-0.15, -0.1) is 11.8 Å². The number of nitrogens with zero attached hydrogens (tertiary/aromatic N) is 1. The highest BCUT2D eigenvalue weighted by Gasteiger charge is 2.11. The fraction of sp³-hybridized carbons (Fsp3) is 0.375. The summed E-state index contributed by atoms with van der Waals surface area (Å²) in [5.74, 6) is 1.45. The van der Waals surface area contributed by atoms with Gasteiger partial charge in [-0.25, -0.2) is 4.98 Å². The molecule has 110 valence electrons. The van der Waals surface area contributed by atoms with Crippen molar-refractivity contribution in [1.82, 2.24) is 15.3 Å². The van der Waals surface area contributed by atoms with Crippen LogP contribution in [-0.2, 0) is 24.1 Å². The molecule has 4 nitrogen and oxygen atoms in total. The van der Waals surface area contributed by atoms with E-state index >= 15 is 0 Å². The summed E-state index contributed by atoms with van der Waals surface area (Å²) < 4.78 is 0. The van der Waals surface area contributed by atoms with Crippen LogP contribution in [0.25, 0.3) is 0 Å². The first kappa shape index (κ1) is 14.2. The highest BCUT2D eigenvalue weighted by molar-refractivity contribution is 8.00. The van der Waals surface area contributed by atoms with Gasteiger partial charge in [-0.2, -0.15) is 0 Å². The molecule has 0 fully saturated rings. The van der Waals surface area contributed by atoms with Crippen LogP contribution in [0.2, 0.25) is 0 Å². The van der Waals surface area contributed by atoms with Crippen LogP contribution in [-0.4, -0.2) is 28.2 Å². The fourth-order valence-corrected chi connectivity index (χ4v) is 3.38. The Bertz CT molecular complexity index is 610. The van der Waals surface area contributed by atoms with E-state index in [0.29, 0.717) is 12.3 Å². The minimum Gasteiger partial charge on any atom is -0.355 e. The largest absolute Gasteiger partial charge is 0.355 e. The van der Waals surface area contributed by atoms with Gasteiger partial charge in [-0.05, 0) is 42.5 Å². The number of aromatic amines is 1. The van der Waals surface area contributed by atoms with Crippen molar-refractivity contribution >= 4 is 17.7 Å². The summed E-state index contributed by atoms with van der Waals surface area (Å²) in [6.45, 7) is 0.622. The number of benzene rings is 1. The van der Waals surface area contributed by atoms with Gasteiger partial charge >= 0.3 is 0 Å². The summed E-state index contributed by atoms with van der Waals surface area (Å²) in [4.78, 5) is 20.2. The van der Waals surface area contributed by atoms with Crippen molar-refractivity contribution in [3.05, 3.63) is 47.5 Å². The van der Waals surface area contributed by atoms with Crippen LogP contribution in [0.15, 0.2) is 35.5 Å². The number of carbonyl (C=O) groups excluding carboxylic acids is 1. The molecule has 5 heteroatoms. The van der Waals surface area contributed by atoms with Crippen LogP contribution in [0, 0.1) is 0 Å². The number of fused-ring (bicyclic) bond motifs is 1. The minimum absolute atomic E-state index is 0.0760. The van der Waals surface area contributed by atoms with Crippen molar-refractivity contribution < 1.29 is 4.79 Å². The zero-order valence-corrected chi connectivity index (χ0v) is 12.7. The molecule has 1 aliphatic rings. The molecule has 3 rings (SSSR count). The molecule has 0 saturated heterocycles. The van der Waals surface area contributed by atoms with Gasteiger partial charge in [0.05, 0.1) is 5.75 Å². The molecule has 0 atom stereocenters. The number of hydrogen-bond acceptors (Lipinski definition) is 3. The van der Waals surface area contributed by atoms with Crippen molar-refractivity contribution in [2.45, 2.75) is 30.6 Å². The molecular weight excluding hydrogens is 282 g/mol. The van der Waals surface area contributed by atoms with Crippen molar-refractivity contribution in [3.8, 4) is 0 Å². The molecule has 0 radical (unpaired) electrons. The van der Waals surface area contributed by atoms with E-state index < -0.39 is 0 Å². The zero-order valence-electron chi connectivity index (χ0n) is 11.9. The van der Waals surface area contributed by atoms with E-state index in [1.165, 1.54) is 35.3 Å². The van der Waals surface area contributed by atoms with Crippen molar-refractivity contribution in [2.24, 2.45) is 0 Å². The number of rotatable bonds is 6. The lowest BCUT2D eigenvalue weighted by Gasteiger charge is -2.06. The van der Waals surface area contributed by atoms with Crippen LogP contribution in [0.4, 0.5) is 0 Å². The summed E-state index contributed by atoms with van der Waals surface area (Å²) in [5.41, 5.74) is 2.93. The number of nitrogens with one attached hydrogen (secondary N) is 2. The number of thioether (sulfide) groups is 1. The Hall–Kier alpha value is -1.75. The van der Waals surface area contributed by atoms with Gasteiger partial charge in [-0.3, -0.25) is 4.79 Å². The van der Waals surface area contributed by atoms with Gasteiger partial charge in [0.25, 0.3) is 0 Å². The maximum atomic E-state index is 11.8. The standard InChI is InChI=1S/C16H19N3OS/c20-16(19-7-6-15-17-8-9-18-15)11-21-14-5-4-12-2-1-3-13(12)10-14/h4-5,8-10H,1-3,6-7,11H2,(H,17,18)(H,19,20). The van der Waals surface area contributed by atoms with Crippen LogP contribution in [0.1, 0.15) is 23.4 Å². The molecule has 2 aromatic rings. The number of aromatic nitrogens is 2. The monoisotopic (exact) mass is 301 g/mol. The first-order chi connectivity index (χ1) is 10.3. The second-order valence-electron chi connectivity index (χ2n) is 5.21. The molecule has 1 heterocycles. The molecule has 2 N–H and O–H groups in total. The van der Waals surface area contributed by atoms with Gasteiger partial charge in [0.2, 0.25) is 5.91 Å². The summed E-state index contributed by atoms with van der Waals surface area (Å²) in [6.07, 6.45) is 7.90. The number of imidazole rings is 1. The van der Waals surface area contributed by atoms with Crippen LogP contribution >= 0.6 is 11.8 Å². The average molecular weight is 301 g/mol. The molecule has 0 spiro atoms. The van der Waals surface area contributed by atoms with E-state index in [0.717, 1.165) is 12.2 Å². The Morgan fingerprint density at radius 2 is 2.24 bits per heavy atom. The molecule has 0 aliphatic heterocycles. The molecule has 1 aromatic carbocycles. The quantitative estimate of drug-likeness (QED) is 0.805. The van der Waals surface area contributed by atoms with Crippen molar-refractivity contribution in [1.29, 1.82) is 0 Å². The molecule has 1 amide bonds. The van der Waals surface area contributed by atoms with E-state index in [1.807, 2.05) is 0 Å². The van der Waals surface area contributed by atoms with E-state index in [9.17, 15) is 4.79 Å². The Kier molecular flexibility index (Phi) is 4.60. The number of aryl methyl sites for hydroxylation is 2. The Morgan fingerprint density at radius 1 is 1.33 bits per heavy atom. The summed E-state index contributed by atoms with van der Waals surface area (Å²) in [5, 5.41) is 2.92. The highest BCUT2D eigenvalue weighted by Crippen LogP contribution is 2.27. The predicted molar refractivity (Wildman–Crippen MR) is 84.5 cm³/mol. The maximum Gasteiger partial charge on any atom is 0.230 e. The Morgan fingerprint density at radius 3 is 3.10 bits per heavy atom. The lowest BCUT2D eigenvalue weighted by Crippen LogP contribution is -2.27. The Balaban J connectivity index is 1.41. The predicted octanol–water partition coefficient (Wildman–Crippen LogP) is 2.35. The highest BCUT2D eigenvalue weighted by atomic mass is 32.2. The summed E-state index contributed by atoms with van der Waals surface area (Å²) in [6, 6.07) is 6.58. The fourth-order valence-electron chi connectivity index (χ4n) is 2.59. The molecule has 21 heavy (non-hydrogen) atoms.